The Morgan fingerprint density at radius 1 is 1.56 bits per heavy atom. The maximum Gasteiger partial charge on any atom is 0.335 e. The number of aromatic nitrogens is 1. The summed E-state index contributed by atoms with van der Waals surface area (Å²) < 4.78 is 0. The van der Waals surface area contributed by atoms with Crippen molar-refractivity contribution in [2.24, 2.45) is 0 Å². The third-order valence-corrected chi connectivity index (χ3v) is 2.54. The average molecular weight is 277 g/mol. The van der Waals surface area contributed by atoms with Crippen LogP contribution < -0.4 is 0 Å². The van der Waals surface area contributed by atoms with Crippen molar-refractivity contribution in [3.05, 3.63) is 32.6 Å². The number of rotatable bonds is 4. The van der Waals surface area contributed by atoms with E-state index in [2.05, 4.69) is 4.98 Å². The van der Waals surface area contributed by atoms with Crippen molar-refractivity contribution in [1.29, 1.82) is 0 Å². The molecule has 1 heterocycles. The summed E-state index contributed by atoms with van der Waals surface area (Å²) in [5.41, 5.74) is -0.722. The van der Waals surface area contributed by atoms with Crippen molar-refractivity contribution in [3.63, 3.8) is 0 Å². The zero-order valence-electron chi connectivity index (χ0n) is 9.07. The van der Waals surface area contributed by atoms with Gasteiger partial charge in [0.05, 0.1) is 4.92 Å². The maximum absolute atomic E-state index is 10.7. The van der Waals surface area contributed by atoms with Gasteiger partial charge < -0.3 is 15.3 Å². The van der Waals surface area contributed by atoms with Gasteiger partial charge in [-0.15, -0.1) is 0 Å². The zero-order chi connectivity index (χ0) is 14.0. The van der Waals surface area contributed by atoms with Gasteiger partial charge in [0.25, 0.3) is 5.69 Å². The van der Waals surface area contributed by atoms with Crippen molar-refractivity contribution in [3.8, 4) is 0 Å². The van der Waals surface area contributed by atoms with Gasteiger partial charge in [0.1, 0.15) is 17.0 Å². The first-order valence-corrected chi connectivity index (χ1v) is 5.04. The normalized spacial score (nSPS) is 14.0. The van der Waals surface area contributed by atoms with E-state index in [0.29, 0.717) is 0 Å². The summed E-state index contributed by atoms with van der Waals surface area (Å²) in [7, 11) is 0. The van der Waals surface area contributed by atoms with Crippen molar-refractivity contribution in [1.82, 2.24) is 4.98 Å². The second-order valence-electron chi connectivity index (χ2n) is 3.46. The van der Waals surface area contributed by atoms with E-state index in [1.807, 2.05) is 0 Å². The summed E-state index contributed by atoms with van der Waals surface area (Å²) >= 11 is 5.65. The van der Waals surface area contributed by atoms with E-state index in [1.54, 1.807) is 0 Å². The van der Waals surface area contributed by atoms with Crippen LogP contribution >= 0.6 is 11.6 Å². The number of hydrogen-bond donors (Lipinski definition) is 3. The summed E-state index contributed by atoms with van der Waals surface area (Å²) in [6.07, 6.45) is -4.05. The minimum absolute atomic E-state index is 0.0192. The maximum atomic E-state index is 10.7. The Hall–Kier alpha value is -1.77. The van der Waals surface area contributed by atoms with Gasteiger partial charge in [0.2, 0.25) is 0 Å². The summed E-state index contributed by atoms with van der Waals surface area (Å²) in [5, 5.41) is 37.6. The third-order valence-electron chi connectivity index (χ3n) is 2.23. The molecule has 0 bridgehead atoms. The molecule has 0 aliphatic carbocycles. The standard InChI is InChI=1S/C9H9ClN2O6/c1-3-5(12(17)18)2-4(8(10)11-3)6(13)7(14)9(15)16/h2,6-7,13-14H,1H3,(H,15,16). The minimum Gasteiger partial charge on any atom is -0.479 e. The number of carbonyl (C=O) groups is 1. The number of carboxylic acids is 1. The van der Waals surface area contributed by atoms with E-state index in [0.717, 1.165) is 6.07 Å². The van der Waals surface area contributed by atoms with Crippen molar-refractivity contribution < 1.29 is 25.0 Å². The Morgan fingerprint density at radius 3 is 2.56 bits per heavy atom. The van der Waals surface area contributed by atoms with E-state index in [4.69, 9.17) is 21.8 Å². The van der Waals surface area contributed by atoms with Crippen LogP contribution in [-0.4, -0.2) is 37.3 Å². The molecule has 1 rings (SSSR count). The molecule has 98 valence electrons. The topological polar surface area (TPSA) is 134 Å². The van der Waals surface area contributed by atoms with Gasteiger partial charge in [-0.3, -0.25) is 10.1 Å². The lowest BCUT2D eigenvalue weighted by Gasteiger charge is -2.15. The molecular formula is C9H9ClN2O6. The van der Waals surface area contributed by atoms with Crippen LogP contribution in [0.5, 0.6) is 0 Å². The predicted octanol–water partition coefficient (Wildman–Crippen LogP) is 0.431. The fraction of sp³-hybridized carbons (Fsp3) is 0.333. The Morgan fingerprint density at radius 2 is 2.11 bits per heavy atom. The highest BCUT2D eigenvalue weighted by atomic mass is 35.5. The largest absolute Gasteiger partial charge is 0.479 e. The lowest BCUT2D eigenvalue weighted by Crippen LogP contribution is -2.28. The van der Waals surface area contributed by atoms with Crippen molar-refractivity contribution in [2.45, 2.75) is 19.1 Å². The molecule has 0 amide bonds. The Kier molecular flexibility index (Phi) is 4.17. The molecule has 0 saturated carbocycles. The molecule has 0 aromatic carbocycles. The highest BCUT2D eigenvalue weighted by Crippen LogP contribution is 2.29. The molecule has 0 fully saturated rings. The summed E-state index contributed by atoms with van der Waals surface area (Å²) in [5.74, 6) is -1.68. The van der Waals surface area contributed by atoms with Crippen LogP contribution in [-0.2, 0) is 4.79 Å². The molecule has 1 aromatic heterocycles. The lowest BCUT2D eigenvalue weighted by atomic mass is 10.1. The van der Waals surface area contributed by atoms with E-state index in [-0.39, 0.29) is 16.4 Å². The van der Waals surface area contributed by atoms with Crippen LogP contribution in [0.3, 0.4) is 0 Å². The molecule has 0 spiro atoms. The highest BCUT2D eigenvalue weighted by molar-refractivity contribution is 6.30. The summed E-state index contributed by atoms with van der Waals surface area (Å²) in [6, 6.07) is 0.890. The van der Waals surface area contributed by atoms with Gasteiger partial charge in [0, 0.05) is 11.6 Å². The first-order valence-electron chi connectivity index (χ1n) is 4.66. The molecule has 2 unspecified atom stereocenters. The smallest absolute Gasteiger partial charge is 0.335 e. The van der Waals surface area contributed by atoms with Gasteiger partial charge in [-0.2, -0.15) is 0 Å². The van der Waals surface area contributed by atoms with Gasteiger partial charge in [-0.05, 0) is 6.92 Å². The number of nitro groups is 1. The third kappa shape index (κ3) is 2.73. The molecule has 0 radical (unpaired) electrons. The molecule has 18 heavy (non-hydrogen) atoms. The molecule has 0 saturated heterocycles. The molecule has 0 aliphatic heterocycles. The number of pyridine rings is 1. The van der Waals surface area contributed by atoms with E-state index in [1.165, 1.54) is 6.92 Å². The number of carboxylic acid groups (broad SMARTS) is 1. The number of nitrogens with zero attached hydrogens (tertiary/aromatic N) is 2. The first kappa shape index (κ1) is 14.3. The lowest BCUT2D eigenvalue weighted by molar-refractivity contribution is -0.385. The van der Waals surface area contributed by atoms with Crippen LogP contribution in [0.1, 0.15) is 17.4 Å². The Labute approximate surface area is 106 Å². The number of aryl methyl sites for hydroxylation is 1. The first-order chi connectivity index (χ1) is 8.25. The molecule has 3 N–H and O–H groups in total. The fourth-order valence-corrected chi connectivity index (χ4v) is 1.57. The van der Waals surface area contributed by atoms with Crippen LogP contribution in [0.4, 0.5) is 5.69 Å². The quantitative estimate of drug-likeness (QED) is 0.412. The van der Waals surface area contributed by atoms with E-state index >= 15 is 0 Å². The second kappa shape index (κ2) is 5.25. The predicted molar refractivity (Wildman–Crippen MR) is 59.2 cm³/mol. The fourth-order valence-electron chi connectivity index (χ4n) is 1.28. The minimum atomic E-state index is -2.15. The van der Waals surface area contributed by atoms with Gasteiger partial charge >= 0.3 is 5.97 Å². The zero-order valence-corrected chi connectivity index (χ0v) is 9.83. The molecule has 0 aliphatic rings. The number of aliphatic carboxylic acids is 1. The van der Waals surface area contributed by atoms with E-state index < -0.39 is 28.8 Å². The summed E-state index contributed by atoms with van der Waals surface area (Å²) in [6.45, 7) is 1.34. The van der Waals surface area contributed by atoms with E-state index in [9.17, 15) is 20.0 Å². The van der Waals surface area contributed by atoms with Crippen molar-refractivity contribution >= 4 is 23.3 Å². The number of halogens is 1. The summed E-state index contributed by atoms with van der Waals surface area (Å²) in [4.78, 5) is 24.0. The van der Waals surface area contributed by atoms with Gasteiger partial charge in [0.15, 0.2) is 6.10 Å². The highest BCUT2D eigenvalue weighted by Gasteiger charge is 2.29. The number of hydrogen-bond acceptors (Lipinski definition) is 6. The molecular weight excluding hydrogens is 268 g/mol. The number of aliphatic hydroxyl groups is 2. The SMILES string of the molecule is Cc1nc(Cl)c(C(O)C(O)C(=O)O)cc1[N+](=O)[O-]. The molecule has 8 nitrogen and oxygen atoms in total. The molecule has 2 atom stereocenters. The van der Waals surface area contributed by atoms with Crippen LogP contribution in [0.2, 0.25) is 5.15 Å². The van der Waals surface area contributed by atoms with Gasteiger partial charge in [-0.1, -0.05) is 11.6 Å². The number of aliphatic hydroxyl groups excluding tert-OH is 2. The monoisotopic (exact) mass is 276 g/mol. The second-order valence-corrected chi connectivity index (χ2v) is 3.82. The van der Waals surface area contributed by atoms with Crippen LogP contribution in [0.25, 0.3) is 0 Å². The van der Waals surface area contributed by atoms with Crippen LogP contribution in [0, 0.1) is 17.0 Å². The van der Waals surface area contributed by atoms with Crippen molar-refractivity contribution in [2.75, 3.05) is 0 Å². The Balaban J connectivity index is 3.28. The Bertz CT molecular complexity index is 506. The molecule has 9 heteroatoms. The molecule has 1 aromatic rings. The van der Waals surface area contributed by atoms with Gasteiger partial charge in [-0.25, -0.2) is 9.78 Å². The average Bonchev–Trinajstić information content (AvgIpc) is 2.26. The van der Waals surface area contributed by atoms with Crippen LogP contribution in [0.15, 0.2) is 6.07 Å².